The van der Waals surface area contributed by atoms with Gasteiger partial charge in [-0.05, 0) is 54.2 Å². The molecule has 25 heavy (non-hydrogen) atoms. The van der Waals surface area contributed by atoms with E-state index in [1.807, 2.05) is 24.3 Å². The van der Waals surface area contributed by atoms with E-state index in [9.17, 15) is 9.59 Å². The van der Waals surface area contributed by atoms with Crippen molar-refractivity contribution in [2.75, 3.05) is 13.7 Å². The van der Waals surface area contributed by atoms with E-state index in [0.29, 0.717) is 12.3 Å². The third kappa shape index (κ3) is 3.99. The molecule has 0 saturated carbocycles. The van der Waals surface area contributed by atoms with Gasteiger partial charge < -0.3 is 14.7 Å². The maximum atomic E-state index is 12.8. The second-order valence-electron chi connectivity index (χ2n) is 6.28. The topological polar surface area (TPSA) is 66.8 Å². The number of aryl methyl sites for hydroxylation is 1. The number of carbonyl (C=O) groups excluding carboxylic acids is 1. The summed E-state index contributed by atoms with van der Waals surface area (Å²) in [6.45, 7) is 0.124. The van der Waals surface area contributed by atoms with Gasteiger partial charge in [-0.2, -0.15) is 0 Å². The van der Waals surface area contributed by atoms with Gasteiger partial charge in [0.15, 0.2) is 6.61 Å². The van der Waals surface area contributed by atoms with E-state index in [1.165, 1.54) is 11.1 Å². The van der Waals surface area contributed by atoms with Crippen LogP contribution in [0.25, 0.3) is 0 Å². The Labute approximate surface area is 146 Å². The van der Waals surface area contributed by atoms with Crippen LogP contribution in [-0.4, -0.2) is 35.5 Å². The minimum Gasteiger partial charge on any atom is -0.482 e. The highest BCUT2D eigenvalue weighted by molar-refractivity contribution is 5.96. The second kappa shape index (κ2) is 7.38. The molecule has 1 aliphatic carbocycles. The van der Waals surface area contributed by atoms with Gasteiger partial charge in [0.1, 0.15) is 5.75 Å². The number of nitrogens with zero attached hydrogens (tertiary/aromatic N) is 1. The monoisotopic (exact) mass is 339 g/mol. The minimum atomic E-state index is -1.01. The predicted octanol–water partition coefficient (Wildman–Crippen LogP) is 2.91. The summed E-state index contributed by atoms with van der Waals surface area (Å²) in [7, 11) is 1.80. The molecule has 130 valence electrons. The SMILES string of the molecule is CN(Cc1ccc(OCC(=O)O)cc1)C(=O)c1cccc2c1CCC2. The minimum absolute atomic E-state index is 0.0324. The molecular formula is C20H21NO4. The predicted molar refractivity (Wildman–Crippen MR) is 93.8 cm³/mol. The normalized spacial score (nSPS) is 12.5. The van der Waals surface area contributed by atoms with E-state index in [4.69, 9.17) is 9.84 Å². The Bertz CT molecular complexity index is 783. The van der Waals surface area contributed by atoms with Crippen molar-refractivity contribution in [2.24, 2.45) is 0 Å². The highest BCUT2D eigenvalue weighted by Crippen LogP contribution is 2.26. The van der Waals surface area contributed by atoms with E-state index in [0.717, 1.165) is 30.4 Å². The summed E-state index contributed by atoms with van der Waals surface area (Å²) >= 11 is 0. The fourth-order valence-corrected chi connectivity index (χ4v) is 3.21. The Morgan fingerprint density at radius 1 is 1.12 bits per heavy atom. The summed E-state index contributed by atoms with van der Waals surface area (Å²) < 4.78 is 5.11. The van der Waals surface area contributed by atoms with Crippen LogP contribution in [0.2, 0.25) is 0 Å². The Hall–Kier alpha value is -2.82. The first-order valence-electron chi connectivity index (χ1n) is 8.34. The standard InChI is InChI=1S/C20H21NO4/c1-21(12-14-8-10-16(11-9-14)25-13-19(22)23)20(24)18-7-3-5-15-4-2-6-17(15)18/h3,5,7-11H,2,4,6,12-13H2,1H3,(H,22,23). The summed E-state index contributed by atoms with van der Waals surface area (Å²) in [5.74, 6) is -0.476. The Balaban J connectivity index is 1.66. The van der Waals surface area contributed by atoms with Crippen molar-refractivity contribution in [3.63, 3.8) is 0 Å². The van der Waals surface area contributed by atoms with Crippen LogP contribution in [0.15, 0.2) is 42.5 Å². The van der Waals surface area contributed by atoms with E-state index >= 15 is 0 Å². The molecule has 0 radical (unpaired) electrons. The zero-order valence-corrected chi connectivity index (χ0v) is 14.2. The lowest BCUT2D eigenvalue weighted by Crippen LogP contribution is -2.27. The molecule has 1 aliphatic rings. The molecule has 5 nitrogen and oxygen atoms in total. The highest BCUT2D eigenvalue weighted by Gasteiger charge is 2.21. The molecule has 0 bridgehead atoms. The molecule has 1 amide bonds. The number of ether oxygens (including phenoxy) is 1. The van der Waals surface area contributed by atoms with E-state index in [-0.39, 0.29) is 12.5 Å². The summed E-state index contributed by atoms with van der Waals surface area (Å²) in [6, 6.07) is 13.1. The molecular weight excluding hydrogens is 318 g/mol. The zero-order valence-electron chi connectivity index (χ0n) is 14.2. The van der Waals surface area contributed by atoms with Crippen LogP contribution < -0.4 is 4.74 Å². The number of benzene rings is 2. The lowest BCUT2D eigenvalue weighted by molar-refractivity contribution is -0.139. The molecule has 0 unspecified atom stereocenters. The van der Waals surface area contributed by atoms with E-state index < -0.39 is 5.97 Å². The van der Waals surface area contributed by atoms with Gasteiger partial charge in [0.25, 0.3) is 5.91 Å². The van der Waals surface area contributed by atoms with E-state index in [1.54, 1.807) is 24.1 Å². The molecule has 5 heteroatoms. The highest BCUT2D eigenvalue weighted by atomic mass is 16.5. The van der Waals surface area contributed by atoms with Crippen LogP contribution in [-0.2, 0) is 24.2 Å². The molecule has 0 aliphatic heterocycles. The van der Waals surface area contributed by atoms with Crippen molar-refractivity contribution in [1.29, 1.82) is 0 Å². The maximum absolute atomic E-state index is 12.8. The van der Waals surface area contributed by atoms with Gasteiger partial charge in [0, 0.05) is 19.2 Å². The fourth-order valence-electron chi connectivity index (χ4n) is 3.21. The van der Waals surface area contributed by atoms with Crippen LogP contribution in [0.1, 0.15) is 33.5 Å². The Kier molecular flexibility index (Phi) is 5.03. The van der Waals surface area contributed by atoms with Crippen LogP contribution >= 0.6 is 0 Å². The molecule has 0 heterocycles. The zero-order chi connectivity index (χ0) is 17.8. The number of rotatable bonds is 6. The average molecular weight is 339 g/mol. The van der Waals surface area contributed by atoms with Crippen molar-refractivity contribution in [1.82, 2.24) is 4.90 Å². The number of carboxylic acids is 1. The van der Waals surface area contributed by atoms with Crippen molar-refractivity contribution in [3.05, 3.63) is 64.7 Å². The fraction of sp³-hybridized carbons (Fsp3) is 0.300. The van der Waals surface area contributed by atoms with Crippen LogP contribution in [0.4, 0.5) is 0 Å². The first-order valence-corrected chi connectivity index (χ1v) is 8.34. The Morgan fingerprint density at radius 3 is 2.60 bits per heavy atom. The molecule has 3 rings (SSSR count). The van der Waals surface area contributed by atoms with Gasteiger partial charge in [0.2, 0.25) is 0 Å². The molecule has 2 aromatic carbocycles. The first-order chi connectivity index (χ1) is 12.0. The summed E-state index contributed by atoms with van der Waals surface area (Å²) in [6.07, 6.45) is 3.14. The lowest BCUT2D eigenvalue weighted by atomic mass is 10.0. The lowest BCUT2D eigenvalue weighted by Gasteiger charge is -2.19. The van der Waals surface area contributed by atoms with Crippen molar-refractivity contribution in [3.8, 4) is 5.75 Å². The summed E-state index contributed by atoms with van der Waals surface area (Å²) in [5, 5.41) is 8.62. The third-order valence-electron chi connectivity index (χ3n) is 4.43. The number of carbonyl (C=O) groups is 2. The first kappa shape index (κ1) is 17.0. The van der Waals surface area contributed by atoms with Crippen molar-refractivity contribution in [2.45, 2.75) is 25.8 Å². The summed E-state index contributed by atoms with van der Waals surface area (Å²) in [5.41, 5.74) is 4.25. The van der Waals surface area contributed by atoms with Gasteiger partial charge in [-0.1, -0.05) is 24.3 Å². The average Bonchev–Trinajstić information content (AvgIpc) is 3.09. The van der Waals surface area contributed by atoms with Crippen LogP contribution in [0.5, 0.6) is 5.75 Å². The second-order valence-corrected chi connectivity index (χ2v) is 6.28. The molecule has 0 saturated heterocycles. The molecule has 0 spiro atoms. The number of fused-ring (bicyclic) bond motifs is 1. The van der Waals surface area contributed by atoms with Gasteiger partial charge in [-0.25, -0.2) is 4.79 Å². The Morgan fingerprint density at radius 2 is 1.88 bits per heavy atom. The largest absolute Gasteiger partial charge is 0.482 e. The smallest absolute Gasteiger partial charge is 0.341 e. The molecule has 0 atom stereocenters. The number of hydrogen-bond acceptors (Lipinski definition) is 3. The maximum Gasteiger partial charge on any atom is 0.341 e. The van der Waals surface area contributed by atoms with Gasteiger partial charge in [-0.3, -0.25) is 4.79 Å². The van der Waals surface area contributed by atoms with Crippen LogP contribution in [0.3, 0.4) is 0 Å². The van der Waals surface area contributed by atoms with E-state index in [2.05, 4.69) is 6.07 Å². The number of amides is 1. The molecule has 0 fully saturated rings. The number of aliphatic carboxylic acids is 1. The van der Waals surface area contributed by atoms with Crippen molar-refractivity contribution < 1.29 is 19.4 Å². The van der Waals surface area contributed by atoms with Crippen molar-refractivity contribution >= 4 is 11.9 Å². The molecule has 2 aromatic rings. The number of hydrogen-bond donors (Lipinski definition) is 1. The molecule has 0 aromatic heterocycles. The number of carboxylic acid groups (broad SMARTS) is 1. The quantitative estimate of drug-likeness (QED) is 0.879. The summed E-state index contributed by atoms with van der Waals surface area (Å²) in [4.78, 5) is 25.0. The van der Waals surface area contributed by atoms with Crippen LogP contribution in [0, 0.1) is 0 Å². The molecule has 1 N–H and O–H groups in total. The van der Waals surface area contributed by atoms with Gasteiger partial charge in [-0.15, -0.1) is 0 Å². The van der Waals surface area contributed by atoms with Gasteiger partial charge in [0.05, 0.1) is 0 Å². The van der Waals surface area contributed by atoms with Gasteiger partial charge >= 0.3 is 5.97 Å². The third-order valence-corrected chi connectivity index (χ3v) is 4.43.